The zero-order chi connectivity index (χ0) is 24.2. The third-order valence-corrected chi connectivity index (χ3v) is 8.34. The van der Waals surface area contributed by atoms with E-state index in [9.17, 15) is 8.42 Å². The van der Waals surface area contributed by atoms with Crippen LogP contribution in [0.25, 0.3) is 0 Å². The van der Waals surface area contributed by atoms with E-state index in [1.54, 1.807) is 39.2 Å². The summed E-state index contributed by atoms with van der Waals surface area (Å²) >= 11 is 1.79. The number of hydrogen-bond donors (Lipinski definition) is 0. The largest absolute Gasteiger partial charge is 0.493 e. The lowest BCUT2D eigenvalue weighted by atomic mass is 10.0. The highest BCUT2D eigenvalue weighted by Crippen LogP contribution is 2.55. The van der Waals surface area contributed by atoms with Crippen molar-refractivity contribution in [3.05, 3.63) is 35.4 Å². The van der Waals surface area contributed by atoms with Gasteiger partial charge in [-0.25, -0.2) is 8.42 Å². The van der Waals surface area contributed by atoms with E-state index in [2.05, 4.69) is 0 Å². The quantitative estimate of drug-likeness (QED) is 0.443. The van der Waals surface area contributed by atoms with Crippen LogP contribution in [0.4, 0.5) is 0 Å². The maximum atomic E-state index is 12.6. The number of rotatable bonds is 10. The number of hydrogen-bond acceptors (Lipinski definition) is 8. The van der Waals surface area contributed by atoms with Crippen molar-refractivity contribution in [3.63, 3.8) is 0 Å². The van der Waals surface area contributed by atoms with E-state index < -0.39 is 9.84 Å². The molecule has 3 rings (SSSR count). The molecule has 0 aromatic heterocycles. The Morgan fingerprint density at radius 3 is 1.73 bits per heavy atom. The zero-order valence-corrected chi connectivity index (χ0v) is 21.6. The van der Waals surface area contributed by atoms with Crippen LogP contribution in [0, 0.1) is 0 Å². The van der Waals surface area contributed by atoms with Crippen LogP contribution in [0.2, 0.25) is 0 Å². The Balaban J connectivity index is 1.95. The second kappa shape index (κ2) is 10.8. The van der Waals surface area contributed by atoms with E-state index in [1.165, 1.54) is 13.4 Å². The molecule has 7 nitrogen and oxygen atoms in total. The van der Waals surface area contributed by atoms with Crippen LogP contribution in [-0.2, 0) is 9.84 Å². The van der Waals surface area contributed by atoms with Crippen LogP contribution in [-0.4, -0.2) is 49.7 Å². The molecule has 0 amide bonds. The first-order valence-corrected chi connectivity index (χ1v) is 13.6. The fourth-order valence-corrected chi connectivity index (χ4v) is 6.34. The summed E-state index contributed by atoms with van der Waals surface area (Å²) in [7, 11) is 2.82. The van der Waals surface area contributed by atoms with Crippen molar-refractivity contribution in [1.29, 1.82) is 0 Å². The smallest absolute Gasteiger partial charge is 0.203 e. The van der Waals surface area contributed by atoms with Crippen molar-refractivity contribution in [2.75, 3.05) is 41.3 Å². The van der Waals surface area contributed by atoms with Gasteiger partial charge in [-0.3, -0.25) is 0 Å². The van der Waals surface area contributed by atoms with Crippen molar-refractivity contribution < 1.29 is 32.1 Å². The van der Waals surface area contributed by atoms with Gasteiger partial charge in [0.1, 0.15) is 4.90 Å². The molecule has 1 aliphatic rings. The molecule has 2 atom stereocenters. The monoisotopic (exact) mass is 496 g/mol. The Bertz CT molecular complexity index is 1060. The molecule has 0 radical (unpaired) electrons. The van der Waals surface area contributed by atoms with Gasteiger partial charge in [0.05, 0.1) is 35.0 Å². The third kappa shape index (κ3) is 5.46. The highest BCUT2D eigenvalue weighted by Gasteiger charge is 2.32. The van der Waals surface area contributed by atoms with Crippen LogP contribution >= 0.6 is 11.8 Å². The number of benzene rings is 2. The second-order valence-corrected chi connectivity index (χ2v) is 11.2. The van der Waals surface area contributed by atoms with Gasteiger partial charge >= 0.3 is 0 Å². The summed E-state index contributed by atoms with van der Waals surface area (Å²) in [6, 6.07) is 7.59. The molecule has 0 unspecified atom stereocenters. The molecule has 0 N–H and O–H groups in total. The summed E-state index contributed by atoms with van der Waals surface area (Å²) in [5.41, 5.74) is 1.99. The minimum absolute atomic E-state index is 0.115. The lowest BCUT2D eigenvalue weighted by Gasteiger charge is -2.19. The molecule has 182 valence electrons. The summed E-state index contributed by atoms with van der Waals surface area (Å²) in [5, 5.41) is 0.316. The number of thioether (sulfide) groups is 1. The van der Waals surface area contributed by atoms with E-state index in [-0.39, 0.29) is 21.1 Å². The number of ether oxygens (including phenoxy) is 5. The van der Waals surface area contributed by atoms with Crippen LogP contribution in [0.15, 0.2) is 29.2 Å². The van der Waals surface area contributed by atoms with Crippen molar-refractivity contribution in [3.8, 4) is 28.7 Å². The maximum Gasteiger partial charge on any atom is 0.203 e. The lowest BCUT2D eigenvalue weighted by Crippen LogP contribution is -2.07. The minimum atomic E-state index is -3.50. The molecule has 1 fully saturated rings. The molecule has 2 aromatic carbocycles. The predicted molar refractivity (Wildman–Crippen MR) is 130 cm³/mol. The van der Waals surface area contributed by atoms with Gasteiger partial charge in [0.25, 0.3) is 0 Å². The SMILES string of the molecule is CCCOc1c(OC)cc([C@H]2CC[C@H](c3cc(OC)c(OC)c(OC)c3)S2)cc1S(C)(=O)=O. The standard InChI is InChI=1S/C24H32O7S2/c1-7-10-31-24-19(29-4)13-16(14-22(24)33(6,25)26)21-9-8-20(32-21)15-11-17(27-2)23(30-5)18(12-15)28-3/h11-14,20-21H,7-10H2,1-6H3/t20-,21-/m1/s1. The van der Waals surface area contributed by atoms with E-state index >= 15 is 0 Å². The summed E-state index contributed by atoms with van der Waals surface area (Å²) in [6.45, 7) is 2.39. The van der Waals surface area contributed by atoms with Crippen molar-refractivity contribution >= 4 is 21.6 Å². The molecule has 0 saturated carbocycles. The van der Waals surface area contributed by atoms with Crippen LogP contribution in [0.3, 0.4) is 0 Å². The lowest BCUT2D eigenvalue weighted by molar-refractivity contribution is 0.286. The van der Waals surface area contributed by atoms with Gasteiger partial charge in [-0.2, -0.15) is 0 Å². The molecule has 1 heterocycles. The molecule has 9 heteroatoms. The molecule has 2 aromatic rings. The summed E-state index contributed by atoms with van der Waals surface area (Å²) in [4.78, 5) is 0.169. The molecule has 33 heavy (non-hydrogen) atoms. The predicted octanol–water partition coefficient (Wildman–Crippen LogP) is 5.22. The van der Waals surface area contributed by atoms with Crippen LogP contribution in [0.5, 0.6) is 28.7 Å². The first kappa shape index (κ1) is 25.4. The average Bonchev–Trinajstić information content (AvgIpc) is 3.30. The van der Waals surface area contributed by atoms with Gasteiger partial charge in [0.15, 0.2) is 32.8 Å². The molecule has 0 aliphatic carbocycles. The van der Waals surface area contributed by atoms with Gasteiger partial charge in [0, 0.05) is 16.8 Å². The van der Waals surface area contributed by atoms with Gasteiger partial charge < -0.3 is 23.7 Å². The Hall–Kier alpha value is -2.26. The first-order valence-electron chi connectivity index (χ1n) is 10.8. The molecule has 0 spiro atoms. The zero-order valence-electron chi connectivity index (χ0n) is 20.0. The molecule has 0 bridgehead atoms. The van der Waals surface area contributed by atoms with Crippen molar-refractivity contribution in [2.24, 2.45) is 0 Å². The molecular weight excluding hydrogens is 464 g/mol. The van der Waals surface area contributed by atoms with Gasteiger partial charge in [-0.1, -0.05) is 6.92 Å². The number of sulfone groups is 1. The second-order valence-electron chi connectivity index (χ2n) is 7.82. The van der Waals surface area contributed by atoms with Gasteiger partial charge in [-0.05, 0) is 54.7 Å². The van der Waals surface area contributed by atoms with Crippen LogP contribution < -0.4 is 23.7 Å². The van der Waals surface area contributed by atoms with Gasteiger partial charge in [0.2, 0.25) is 5.75 Å². The Labute approximate surface area is 200 Å². The topological polar surface area (TPSA) is 80.3 Å². The van der Waals surface area contributed by atoms with Crippen LogP contribution in [0.1, 0.15) is 47.8 Å². The molecule has 1 aliphatic heterocycles. The number of methoxy groups -OCH3 is 4. The van der Waals surface area contributed by atoms with Gasteiger partial charge in [-0.15, -0.1) is 11.8 Å². The Morgan fingerprint density at radius 2 is 1.30 bits per heavy atom. The molecule has 1 saturated heterocycles. The molecular formula is C24H32O7S2. The van der Waals surface area contributed by atoms with E-state index in [4.69, 9.17) is 23.7 Å². The van der Waals surface area contributed by atoms with Crippen molar-refractivity contribution in [2.45, 2.75) is 41.6 Å². The minimum Gasteiger partial charge on any atom is -0.493 e. The fraction of sp³-hybridized carbons (Fsp3) is 0.500. The first-order chi connectivity index (χ1) is 15.8. The average molecular weight is 497 g/mol. The summed E-state index contributed by atoms with van der Waals surface area (Å²) in [6.07, 6.45) is 3.79. The highest BCUT2D eigenvalue weighted by molar-refractivity contribution is 8.00. The fourth-order valence-electron chi connectivity index (χ4n) is 3.97. The van der Waals surface area contributed by atoms with E-state index in [0.29, 0.717) is 29.6 Å². The van der Waals surface area contributed by atoms with Crippen molar-refractivity contribution in [1.82, 2.24) is 0 Å². The van der Waals surface area contributed by atoms with E-state index in [1.807, 2.05) is 25.1 Å². The normalized spacial score (nSPS) is 18.1. The highest BCUT2D eigenvalue weighted by atomic mass is 32.2. The third-order valence-electron chi connectivity index (χ3n) is 5.56. The summed E-state index contributed by atoms with van der Waals surface area (Å²) in [5.74, 6) is 2.53. The van der Waals surface area contributed by atoms with E-state index in [0.717, 1.165) is 30.4 Å². The summed E-state index contributed by atoms with van der Waals surface area (Å²) < 4.78 is 52.9. The maximum absolute atomic E-state index is 12.6. The Kier molecular flexibility index (Phi) is 8.28. The Morgan fingerprint density at radius 1 is 0.818 bits per heavy atom.